The first-order valence-corrected chi connectivity index (χ1v) is 8.50. The molecule has 122 valence electrons. The van der Waals surface area contributed by atoms with Gasteiger partial charge in [-0.25, -0.2) is 0 Å². The van der Waals surface area contributed by atoms with Crippen LogP contribution in [0, 0.1) is 6.92 Å². The summed E-state index contributed by atoms with van der Waals surface area (Å²) in [4.78, 5) is 0. The van der Waals surface area contributed by atoms with E-state index in [4.69, 9.17) is 26.4 Å². The lowest BCUT2D eigenvalue weighted by atomic mass is 10.1. The highest BCUT2D eigenvalue weighted by Gasteiger charge is 2.12. The molecule has 3 nitrogen and oxygen atoms in total. The predicted molar refractivity (Wildman–Crippen MR) is 99.3 cm³/mol. The Morgan fingerprint density at radius 1 is 1.17 bits per heavy atom. The number of methoxy groups -OCH3 is 1. The largest absolute Gasteiger partial charge is 0.488 e. The maximum atomic E-state index is 5.96. The zero-order valence-corrected chi connectivity index (χ0v) is 15.8. The minimum absolute atomic E-state index is 0.0767. The maximum absolute atomic E-state index is 5.96. The Labute approximate surface area is 150 Å². The molecular formula is C18H19BrO3S. The van der Waals surface area contributed by atoms with E-state index < -0.39 is 0 Å². The number of rotatable bonds is 5. The average molecular weight is 395 g/mol. The smallest absolute Gasteiger partial charge is 0.357 e. The van der Waals surface area contributed by atoms with Crippen LogP contribution in [0.15, 0.2) is 40.9 Å². The summed E-state index contributed by atoms with van der Waals surface area (Å²) in [6, 6.07) is 11.9. The molecule has 0 heterocycles. The fraction of sp³-hybridized carbons (Fsp3) is 0.278. The van der Waals surface area contributed by atoms with Crippen LogP contribution in [0.2, 0.25) is 0 Å². The zero-order valence-electron chi connectivity index (χ0n) is 13.4. The highest BCUT2D eigenvalue weighted by molar-refractivity contribution is 9.10. The molecule has 2 aromatic rings. The maximum Gasteiger partial charge on any atom is 0.357 e. The lowest BCUT2D eigenvalue weighted by molar-refractivity contribution is 0.287. The molecule has 0 atom stereocenters. The standard InChI is InChI=1S/C18H19BrO3S/c1-4-13-8-9-16(12(2)10-13)21-11-14-15(19)6-5-7-17(14)22-18(23)20-3/h5-10H,4,11H2,1-3H3. The van der Waals surface area contributed by atoms with Gasteiger partial charge in [0.1, 0.15) is 18.1 Å². The second-order valence-corrected chi connectivity index (χ2v) is 6.20. The molecule has 0 bridgehead atoms. The highest BCUT2D eigenvalue weighted by Crippen LogP contribution is 2.29. The van der Waals surface area contributed by atoms with Crippen molar-refractivity contribution in [3.8, 4) is 11.5 Å². The van der Waals surface area contributed by atoms with Crippen molar-refractivity contribution in [1.29, 1.82) is 0 Å². The van der Waals surface area contributed by atoms with Crippen LogP contribution in [0.3, 0.4) is 0 Å². The van der Waals surface area contributed by atoms with E-state index in [-0.39, 0.29) is 5.24 Å². The van der Waals surface area contributed by atoms with Gasteiger partial charge in [-0.1, -0.05) is 41.1 Å². The van der Waals surface area contributed by atoms with Crippen molar-refractivity contribution >= 4 is 33.4 Å². The predicted octanol–water partition coefficient (Wildman–Crippen LogP) is 5.21. The van der Waals surface area contributed by atoms with Gasteiger partial charge in [0.15, 0.2) is 0 Å². The number of hydrogen-bond donors (Lipinski definition) is 0. The number of hydrogen-bond acceptors (Lipinski definition) is 4. The van der Waals surface area contributed by atoms with E-state index in [1.54, 1.807) is 0 Å². The van der Waals surface area contributed by atoms with Crippen molar-refractivity contribution in [3.63, 3.8) is 0 Å². The van der Waals surface area contributed by atoms with Gasteiger partial charge in [0.2, 0.25) is 0 Å². The SMILES string of the molecule is CCc1ccc(OCc2c(Br)cccc2OC(=S)OC)c(C)c1. The topological polar surface area (TPSA) is 27.7 Å². The summed E-state index contributed by atoms with van der Waals surface area (Å²) in [5.74, 6) is 1.48. The van der Waals surface area contributed by atoms with Crippen LogP contribution in [-0.2, 0) is 17.8 Å². The fourth-order valence-electron chi connectivity index (χ4n) is 2.15. The van der Waals surface area contributed by atoms with E-state index in [0.717, 1.165) is 27.8 Å². The molecule has 0 spiro atoms. The van der Waals surface area contributed by atoms with Gasteiger partial charge in [-0.15, -0.1) is 0 Å². The Bertz CT molecular complexity index is 701. The molecule has 0 unspecified atom stereocenters. The molecule has 23 heavy (non-hydrogen) atoms. The summed E-state index contributed by atoms with van der Waals surface area (Å²) in [5, 5.41) is 0.0767. The third-order valence-corrected chi connectivity index (χ3v) is 4.45. The highest BCUT2D eigenvalue weighted by atomic mass is 79.9. The molecule has 0 saturated heterocycles. The third-order valence-electron chi connectivity index (χ3n) is 3.46. The molecule has 0 amide bonds. The number of ether oxygens (including phenoxy) is 3. The van der Waals surface area contributed by atoms with Gasteiger partial charge in [0.25, 0.3) is 0 Å². The van der Waals surface area contributed by atoms with Gasteiger partial charge < -0.3 is 14.2 Å². The lowest BCUT2D eigenvalue weighted by Gasteiger charge is -2.15. The van der Waals surface area contributed by atoms with Crippen molar-refractivity contribution in [2.24, 2.45) is 0 Å². The quantitative estimate of drug-likeness (QED) is 0.650. The van der Waals surface area contributed by atoms with Crippen LogP contribution >= 0.6 is 28.1 Å². The molecule has 0 saturated carbocycles. The van der Waals surface area contributed by atoms with Gasteiger partial charge >= 0.3 is 5.24 Å². The molecule has 5 heteroatoms. The first kappa shape index (κ1) is 17.8. The molecule has 0 aliphatic rings. The van der Waals surface area contributed by atoms with Crippen molar-refractivity contribution in [3.05, 3.63) is 57.6 Å². The van der Waals surface area contributed by atoms with Crippen molar-refractivity contribution in [2.75, 3.05) is 7.11 Å². The Hall–Kier alpha value is -1.59. The van der Waals surface area contributed by atoms with Crippen LogP contribution in [-0.4, -0.2) is 12.3 Å². The molecule has 0 fully saturated rings. The van der Waals surface area contributed by atoms with Crippen LogP contribution < -0.4 is 9.47 Å². The zero-order chi connectivity index (χ0) is 16.8. The number of thiocarbonyl (C=S) groups is 1. The number of aryl methyl sites for hydroxylation is 2. The molecular weight excluding hydrogens is 376 g/mol. The number of benzene rings is 2. The molecule has 2 aromatic carbocycles. The van der Waals surface area contributed by atoms with E-state index >= 15 is 0 Å². The van der Waals surface area contributed by atoms with Crippen molar-refractivity contribution in [1.82, 2.24) is 0 Å². The summed E-state index contributed by atoms with van der Waals surface area (Å²) in [5.41, 5.74) is 3.29. The van der Waals surface area contributed by atoms with Gasteiger partial charge in [0.05, 0.1) is 7.11 Å². The second-order valence-electron chi connectivity index (χ2n) is 5.01. The van der Waals surface area contributed by atoms with E-state index in [1.165, 1.54) is 12.7 Å². The van der Waals surface area contributed by atoms with E-state index in [1.807, 2.05) is 31.2 Å². The summed E-state index contributed by atoms with van der Waals surface area (Å²) in [6.45, 7) is 4.56. The van der Waals surface area contributed by atoms with E-state index in [2.05, 4.69) is 35.0 Å². The first-order valence-electron chi connectivity index (χ1n) is 7.30. The van der Waals surface area contributed by atoms with Gasteiger partial charge in [-0.3, -0.25) is 0 Å². The molecule has 0 aliphatic carbocycles. The van der Waals surface area contributed by atoms with Crippen LogP contribution in [0.1, 0.15) is 23.6 Å². The first-order chi connectivity index (χ1) is 11.0. The van der Waals surface area contributed by atoms with Gasteiger partial charge in [-0.05, 0) is 42.7 Å². The van der Waals surface area contributed by atoms with Gasteiger partial charge in [-0.2, -0.15) is 0 Å². The summed E-state index contributed by atoms with van der Waals surface area (Å²) in [7, 11) is 1.48. The van der Waals surface area contributed by atoms with Crippen molar-refractivity contribution in [2.45, 2.75) is 26.9 Å². The average Bonchev–Trinajstić information content (AvgIpc) is 2.55. The molecule has 0 aliphatic heterocycles. The van der Waals surface area contributed by atoms with Crippen LogP contribution in [0.5, 0.6) is 11.5 Å². The Morgan fingerprint density at radius 3 is 2.61 bits per heavy atom. The normalized spacial score (nSPS) is 10.3. The van der Waals surface area contributed by atoms with E-state index in [9.17, 15) is 0 Å². The van der Waals surface area contributed by atoms with Crippen molar-refractivity contribution < 1.29 is 14.2 Å². The van der Waals surface area contributed by atoms with Crippen LogP contribution in [0.25, 0.3) is 0 Å². The Balaban J connectivity index is 2.18. The summed E-state index contributed by atoms with van der Waals surface area (Å²) >= 11 is 8.50. The molecule has 0 aromatic heterocycles. The number of halogens is 1. The Kier molecular flexibility index (Phi) is 6.42. The lowest BCUT2D eigenvalue weighted by Crippen LogP contribution is -2.10. The summed E-state index contributed by atoms with van der Waals surface area (Å²) in [6.07, 6.45) is 1.01. The van der Waals surface area contributed by atoms with E-state index in [0.29, 0.717) is 12.4 Å². The minimum atomic E-state index is 0.0767. The second kappa shape index (κ2) is 8.31. The third kappa shape index (κ3) is 4.69. The molecule has 2 rings (SSSR count). The van der Waals surface area contributed by atoms with Gasteiger partial charge in [0, 0.05) is 22.3 Å². The van der Waals surface area contributed by atoms with Crippen LogP contribution in [0.4, 0.5) is 0 Å². The summed E-state index contributed by atoms with van der Waals surface area (Å²) < 4.78 is 17.3. The Morgan fingerprint density at radius 2 is 1.96 bits per heavy atom. The molecule has 0 radical (unpaired) electrons. The monoisotopic (exact) mass is 394 g/mol. The minimum Gasteiger partial charge on any atom is -0.488 e. The fourth-order valence-corrected chi connectivity index (χ4v) is 2.70. The molecule has 0 N–H and O–H groups in total.